The number of sulfonamides is 1. The Morgan fingerprint density at radius 1 is 1.22 bits per heavy atom. The summed E-state index contributed by atoms with van der Waals surface area (Å²) in [6.07, 6.45) is 3.91. The lowest BCUT2D eigenvalue weighted by molar-refractivity contribution is -0.964. The molecular formula is C19H33N5O2S+2. The minimum absolute atomic E-state index is 0.156. The third-order valence-electron chi connectivity index (χ3n) is 5.51. The number of guanidine groups is 1. The monoisotopic (exact) mass is 395 g/mol. The molecule has 2 aliphatic rings. The van der Waals surface area contributed by atoms with Gasteiger partial charge in [0.15, 0.2) is 13.3 Å². The molecule has 150 valence electrons. The van der Waals surface area contributed by atoms with Gasteiger partial charge in [-0.1, -0.05) is 43.7 Å². The standard InChI is InChI=1S/C19H31N5O2S/c1-2-3-13-27(25,26)22-19-20-15-24(16-21-19)18-9-11-23(12-10-18)14-17-7-5-4-6-8-17/h4-8,18H,2-3,9-16H2,1H3,(H2,20,21,22)/p+2. The van der Waals surface area contributed by atoms with Gasteiger partial charge in [-0.2, -0.15) is 4.99 Å². The van der Waals surface area contributed by atoms with E-state index in [9.17, 15) is 8.42 Å². The molecule has 0 amide bonds. The van der Waals surface area contributed by atoms with Crippen LogP contribution in [0, 0.1) is 0 Å². The van der Waals surface area contributed by atoms with Crippen molar-refractivity contribution in [1.29, 1.82) is 0 Å². The van der Waals surface area contributed by atoms with Gasteiger partial charge in [-0.15, -0.1) is 0 Å². The predicted octanol–water partition coefficient (Wildman–Crippen LogP) is -1.29. The molecule has 0 spiro atoms. The molecule has 8 heteroatoms. The number of benzene rings is 1. The molecule has 2 heterocycles. The number of hydrogen-bond donors (Lipinski definition) is 4. The first-order valence-electron chi connectivity index (χ1n) is 10.1. The molecule has 1 aromatic rings. The van der Waals surface area contributed by atoms with Crippen molar-refractivity contribution >= 4 is 16.0 Å². The number of piperidine rings is 1. The average molecular weight is 396 g/mol. The molecule has 0 aromatic heterocycles. The Kier molecular flexibility index (Phi) is 7.09. The van der Waals surface area contributed by atoms with E-state index in [0.717, 1.165) is 19.6 Å². The van der Waals surface area contributed by atoms with E-state index < -0.39 is 10.0 Å². The lowest BCUT2D eigenvalue weighted by atomic mass is 10.0. The summed E-state index contributed by atoms with van der Waals surface area (Å²) in [5, 5.41) is 3.17. The van der Waals surface area contributed by atoms with Crippen LogP contribution in [0.5, 0.6) is 0 Å². The van der Waals surface area contributed by atoms with Crippen LogP contribution in [-0.4, -0.2) is 52.6 Å². The maximum Gasteiger partial charge on any atom is 0.234 e. The second kappa shape index (κ2) is 9.52. The van der Waals surface area contributed by atoms with E-state index in [1.807, 2.05) is 6.92 Å². The summed E-state index contributed by atoms with van der Waals surface area (Å²) >= 11 is 0. The maximum atomic E-state index is 12.0. The second-order valence-electron chi connectivity index (χ2n) is 7.64. The van der Waals surface area contributed by atoms with Gasteiger partial charge in [0.05, 0.1) is 18.8 Å². The van der Waals surface area contributed by atoms with Crippen molar-refractivity contribution in [2.45, 2.75) is 45.2 Å². The molecule has 4 N–H and O–H groups in total. The summed E-state index contributed by atoms with van der Waals surface area (Å²) in [6, 6.07) is 11.3. The number of rotatable bonds is 7. The van der Waals surface area contributed by atoms with Crippen molar-refractivity contribution in [3.05, 3.63) is 35.9 Å². The molecule has 1 fully saturated rings. The quantitative estimate of drug-likeness (QED) is 0.464. The maximum absolute atomic E-state index is 12.0. The summed E-state index contributed by atoms with van der Waals surface area (Å²) < 4.78 is 26.6. The summed E-state index contributed by atoms with van der Waals surface area (Å²) in [5.74, 6) is 0.561. The van der Waals surface area contributed by atoms with E-state index in [1.165, 1.54) is 36.4 Å². The molecule has 1 aromatic carbocycles. The van der Waals surface area contributed by atoms with Crippen molar-refractivity contribution < 1.29 is 18.2 Å². The van der Waals surface area contributed by atoms with Crippen molar-refractivity contribution in [3.8, 4) is 0 Å². The van der Waals surface area contributed by atoms with Crippen molar-refractivity contribution in [1.82, 2.24) is 10.0 Å². The molecule has 27 heavy (non-hydrogen) atoms. The molecular weight excluding hydrogens is 362 g/mol. The number of hydrogen-bond acceptors (Lipinski definition) is 4. The van der Waals surface area contributed by atoms with Crippen LogP contribution in [-0.2, 0) is 16.6 Å². The van der Waals surface area contributed by atoms with Crippen molar-refractivity contribution in [2.75, 3.05) is 32.2 Å². The lowest BCUT2D eigenvalue weighted by Crippen LogP contribution is -3.21. The van der Waals surface area contributed by atoms with Crippen LogP contribution in [0.15, 0.2) is 35.3 Å². The van der Waals surface area contributed by atoms with E-state index >= 15 is 0 Å². The summed E-state index contributed by atoms with van der Waals surface area (Å²) in [5.41, 5.74) is 1.41. The van der Waals surface area contributed by atoms with Crippen molar-refractivity contribution in [3.63, 3.8) is 0 Å². The minimum Gasteiger partial charge on any atom is -0.331 e. The normalized spacial score (nSPS) is 26.1. The fourth-order valence-corrected chi connectivity index (χ4v) is 5.06. The van der Waals surface area contributed by atoms with Crippen LogP contribution in [0.3, 0.4) is 0 Å². The zero-order valence-corrected chi connectivity index (χ0v) is 17.0. The number of likely N-dealkylation sites (tertiary alicyclic amines) is 1. The molecule has 0 radical (unpaired) electrons. The highest BCUT2D eigenvalue weighted by molar-refractivity contribution is 7.90. The molecule has 2 aliphatic heterocycles. The van der Waals surface area contributed by atoms with Gasteiger partial charge in [-0.3, -0.25) is 9.62 Å². The minimum atomic E-state index is -3.28. The Hall–Kier alpha value is -1.64. The first-order chi connectivity index (χ1) is 13.1. The largest absolute Gasteiger partial charge is 0.331 e. The van der Waals surface area contributed by atoms with E-state index in [2.05, 4.69) is 45.4 Å². The first kappa shape index (κ1) is 20.1. The van der Waals surface area contributed by atoms with Gasteiger partial charge >= 0.3 is 0 Å². The van der Waals surface area contributed by atoms with E-state index in [-0.39, 0.29) is 5.75 Å². The van der Waals surface area contributed by atoms with Gasteiger partial charge in [-0.05, 0) is 6.42 Å². The van der Waals surface area contributed by atoms with Gasteiger partial charge in [-0.25, -0.2) is 8.42 Å². The lowest BCUT2D eigenvalue weighted by Gasteiger charge is -2.35. The van der Waals surface area contributed by atoms with Crippen LogP contribution in [0.25, 0.3) is 0 Å². The smallest absolute Gasteiger partial charge is 0.234 e. The summed E-state index contributed by atoms with van der Waals surface area (Å²) in [7, 11) is -3.28. The zero-order chi connectivity index (χ0) is 19.1. The van der Waals surface area contributed by atoms with E-state index in [0.29, 0.717) is 25.1 Å². The molecule has 0 bridgehead atoms. The Bertz CT molecular complexity index is 715. The number of aliphatic imine (C=N–C) groups is 1. The summed E-state index contributed by atoms with van der Waals surface area (Å²) in [4.78, 5) is 7.49. The third kappa shape index (κ3) is 6.19. The van der Waals surface area contributed by atoms with Crippen LogP contribution < -0.4 is 19.8 Å². The van der Waals surface area contributed by atoms with Gasteiger partial charge in [0.2, 0.25) is 16.0 Å². The van der Waals surface area contributed by atoms with Crippen LogP contribution in [0.1, 0.15) is 38.2 Å². The highest BCUT2D eigenvalue weighted by Gasteiger charge is 2.31. The molecule has 1 atom stereocenters. The van der Waals surface area contributed by atoms with Crippen LogP contribution >= 0.6 is 0 Å². The van der Waals surface area contributed by atoms with Crippen LogP contribution in [0.4, 0.5) is 0 Å². The number of quaternary nitrogens is 2. The van der Waals surface area contributed by atoms with Gasteiger partial charge in [0, 0.05) is 18.4 Å². The first-order valence-corrected chi connectivity index (χ1v) is 11.7. The Balaban J connectivity index is 1.43. The highest BCUT2D eigenvalue weighted by Crippen LogP contribution is 2.00. The highest BCUT2D eigenvalue weighted by atomic mass is 32.2. The topological polar surface area (TPSA) is 79.4 Å². The average Bonchev–Trinajstić information content (AvgIpc) is 2.68. The fraction of sp³-hybridized carbons (Fsp3) is 0.632. The molecule has 1 unspecified atom stereocenters. The van der Waals surface area contributed by atoms with Gasteiger partial charge in [0.1, 0.15) is 12.6 Å². The number of nitrogens with zero attached hydrogens (tertiary/aromatic N) is 1. The molecule has 7 nitrogen and oxygen atoms in total. The molecule has 0 saturated carbocycles. The third-order valence-corrected chi connectivity index (χ3v) is 6.84. The number of unbranched alkanes of at least 4 members (excludes halogenated alkanes) is 1. The fourth-order valence-electron chi connectivity index (χ4n) is 3.86. The Morgan fingerprint density at radius 2 is 1.96 bits per heavy atom. The summed E-state index contributed by atoms with van der Waals surface area (Å²) in [6.45, 7) is 6.82. The Labute approximate surface area is 162 Å². The van der Waals surface area contributed by atoms with E-state index in [1.54, 1.807) is 4.90 Å². The van der Waals surface area contributed by atoms with Gasteiger partial charge < -0.3 is 10.2 Å². The van der Waals surface area contributed by atoms with E-state index in [4.69, 9.17) is 0 Å². The second-order valence-corrected chi connectivity index (χ2v) is 9.48. The van der Waals surface area contributed by atoms with Crippen LogP contribution in [0.2, 0.25) is 0 Å². The SMILES string of the molecule is CCCCS(=O)(=O)NC1=NC[NH+](C2CC[NH+](Cc3ccccc3)CC2)CN1. The zero-order valence-electron chi connectivity index (χ0n) is 16.2. The Morgan fingerprint density at radius 3 is 2.59 bits per heavy atom. The molecule has 0 aliphatic carbocycles. The van der Waals surface area contributed by atoms with Gasteiger partial charge in [0.25, 0.3) is 0 Å². The predicted molar refractivity (Wildman–Crippen MR) is 107 cm³/mol. The molecule has 1 saturated heterocycles. The number of nitrogens with one attached hydrogen (secondary N) is 4. The molecule has 3 rings (SSSR count). The van der Waals surface area contributed by atoms with Crippen molar-refractivity contribution in [2.24, 2.45) is 4.99 Å².